The van der Waals surface area contributed by atoms with Crippen molar-refractivity contribution < 1.29 is 0 Å². The van der Waals surface area contributed by atoms with Gasteiger partial charge in [-0.1, -0.05) is 35.0 Å². The van der Waals surface area contributed by atoms with Crippen molar-refractivity contribution in [2.45, 2.75) is 9.79 Å². The number of nitrogen functional groups attached to an aromatic ring is 1. The minimum absolute atomic E-state index is 0.554. The summed E-state index contributed by atoms with van der Waals surface area (Å²) in [5.41, 5.74) is 6.19. The normalized spacial score (nSPS) is 10.7. The Balaban J connectivity index is 2.34. The first-order valence-corrected chi connectivity index (χ1v) is 6.04. The molecule has 0 aliphatic carbocycles. The molecule has 1 aromatic carbocycles. The summed E-state index contributed by atoms with van der Waals surface area (Å²) in [6.45, 7) is 0. The van der Waals surface area contributed by atoms with Crippen LogP contribution in [0.25, 0.3) is 0 Å². The van der Waals surface area contributed by atoms with Crippen molar-refractivity contribution in [3.8, 4) is 0 Å². The standard InChI is InChI=1S/C10H9Cl2N3S/c1-15-5-7(4-14-15)16-10-8(11)2-6(13)3-9(10)12/h2-5H,13H2,1H3. The van der Waals surface area contributed by atoms with Gasteiger partial charge in [-0.05, 0) is 12.1 Å². The van der Waals surface area contributed by atoms with Gasteiger partial charge >= 0.3 is 0 Å². The molecule has 0 aliphatic heterocycles. The molecule has 0 amide bonds. The number of halogens is 2. The van der Waals surface area contributed by atoms with E-state index in [1.807, 2.05) is 13.2 Å². The molecule has 6 heteroatoms. The second-order valence-corrected chi connectivity index (χ2v) is 5.16. The van der Waals surface area contributed by atoms with Crippen LogP contribution in [0.2, 0.25) is 10.0 Å². The Morgan fingerprint density at radius 3 is 2.44 bits per heavy atom. The van der Waals surface area contributed by atoms with Gasteiger partial charge in [0.1, 0.15) is 0 Å². The van der Waals surface area contributed by atoms with Gasteiger partial charge in [0.25, 0.3) is 0 Å². The number of rotatable bonds is 2. The van der Waals surface area contributed by atoms with Crippen LogP contribution in [0.5, 0.6) is 0 Å². The van der Waals surface area contributed by atoms with Gasteiger partial charge in [-0.3, -0.25) is 4.68 Å². The fourth-order valence-electron chi connectivity index (χ4n) is 1.25. The molecule has 2 aromatic rings. The third-order valence-electron chi connectivity index (χ3n) is 1.92. The molecule has 0 bridgehead atoms. The Labute approximate surface area is 108 Å². The molecule has 1 heterocycles. The Bertz CT molecular complexity index is 502. The average molecular weight is 274 g/mol. The second kappa shape index (κ2) is 4.57. The molecule has 16 heavy (non-hydrogen) atoms. The van der Waals surface area contributed by atoms with Crippen molar-refractivity contribution in [1.82, 2.24) is 9.78 Å². The summed E-state index contributed by atoms with van der Waals surface area (Å²) in [5.74, 6) is 0. The van der Waals surface area contributed by atoms with E-state index in [4.69, 9.17) is 28.9 Å². The number of benzene rings is 1. The van der Waals surface area contributed by atoms with E-state index >= 15 is 0 Å². The Hall–Kier alpha value is -0.840. The Morgan fingerprint density at radius 2 is 1.94 bits per heavy atom. The van der Waals surface area contributed by atoms with Gasteiger partial charge in [0.2, 0.25) is 0 Å². The maximum absolute atomic E-state index is 6.08. The predicted molar refractivity (Wildman–Crippen MR) is 68.2 cm³/mol. The molecule has 0 radical (unpaired) electrons. The van der Waals surface area contributed by atoms with Gasteiger partial charge < -0.3 is 5.73 Å². The van der Waals surface area contributed by atoms with Crippen molar-refractivity contribution in [2.75, 3.05) is 5.73 Å². The van der Waals surface area contributed by atoms with E-state index < -0.39 is 0 Å². The first-order valence-electron chi connectivity index (χ1n) is 4.47. The zero-order valence-electron chi connectivity index (χ0n) is 8.45. The van der Waals surface area contributed by atoms with Crippen LogP contribution in [-0.2, 0) is 7.05 Å². The largest absolute Gasteiger partial charge is 0.399 e. The zero-order chi connectivity index (χ0) is 11.7. The maximum atomic E-state index is 6.08. The van der Waals surface area contributed by atoms with Crippen LogP contribution in [-0.4, -0.2) is 9.78 Å². The molecular formula is C10H9Cl2N3S. The van der Waals surface area contributed by atoms with Crippen LogP contribution in [0.1, 0.15) is 0 Å². The number of nitrogens with two attached hydrogens (primary N) is 1. The van der Waals surface area contributed by atoms with Crippen LogP contribution in [0.15, 0.2) is 34.3 Å². The van der Waals surface area contributed by atoms with E-state index in [1.165, 1.54) is 11.8 Å². The summed E-state index contributed by atoms with van der Waals surface area (Å²) in [6.07, 6.45) is 3.65. The van der Waals surface area contributed by atoms with Crippen LogP contribution in [0.4, 0.5) is 5.69 Å². The number of aromatic nitrogens is 2. The van der Waals surface area contributed by atoms with Crippen molar-refractivity contribution in [3.05, 3.63) is 34.6 Å². The molecule has 0 spiro atoms. The monoisotopic (exact) mass is 273 g/mol. The smallest absolute Gasteiger partial charge is 0.0629 e. The highest BCUT2D eigenvalue weighted by Crippen LogP contribution is 2.39. The topological polar surface area (TPSA) is 43.8 Å². The van der Waals surface area contributed by atoms with Crippen molar-refractivity contribution in [1.29, 1.82) is 0 Å². The van der Waals surface area contributed by atoms with Crippen molar-refractivity contribution in [2.24, 2.45) is 7.05 Å². The van der Waals surface area contributed by atoms with Crippen LogP contribution < -0.4 is 5.73 Å². The molecule has 0 atom stereocenters. The molecule has 2 N–H and O–H groups in total. The lowest BCUT2D eigenvalue weighted by Gasteiger charge is -2.06. The third-order valence-corrected chi connectivity index (χ3v) is 3.83. The molecule has 0 fully saturated rings. The summed E-state index contributed by atoms with van der Waals surface area (Å²) < 4.78 is 1.72. The number of anilines is 1. The molecule has 0 saturated heterocycles. The molecule has 3 nitrogen and oxygen atoms in total. The molecule has 0 saturated carbocycles. The second-order valence-electron chi connectivity index (χ2n) is 3.27. The summed E-state index contributed by atoms with van der Waals surface area (Å²) in [6, 6.07) is 3.37. The molecule has 84 valence electrons. The quantitative estimate of drug-likeness (QED) is 0.853. The highest BCUT2D eigenvalue weighted by atomic mass is 35.5. The van der Waals surface area contributed by atoms with Crippen molar-refractivity contribution >= 4 is 40.7 Å². The van der Waals surface area contributed by atoms with E-state index in [1.54, 1.807) is 23.0 Å². The van der Waals surface area contributed by atoms with Gasteiger partial charge in [-0.15, -0.1) is 0 Å². The number of hydrogen-bond donors (Lipinski definition) is 1. The van der Waals surface area contributed by atoms with Crippen LogP contribution in [0, 0.1) is 0 Å². The van der Waals surface area contributed by atoms with Gasteiger partial charge in [-0.2, -0.15) is 5.10 Å². The first-order chi connectivity index (χ1) is 7.56. The number of nitrogens with zero attached hydrogens (tertiary/aromatic N) is 2. The van der Waals surface area contributed by atoms with E-state index in [0.717, 1.165) is 9.79 Å². The SMILES string of the molecule is Cn1cc(Sc2c(Cl)cc(N)cc2Cl)cn1. The molecule has 1 aromatic heterocycles. The van der Waals surface area contributed by atoms with Gasteiger partial charge in [0.15, 0.2) is 0 Å². The van der Waals surface area contributed by atoms with E-state index in [0.29, 0.717) is 15.7 Å². The first kappa shape index (κ1) is 11.6. The number of hydrogen-bond acceptors (Lipinski definition) is 3. The van der Waals surface area contributed by atoms with E-state index in [9.17, 15) is 0 Å². The van der Waals surface area contributed by atoms with Gasteiger partial charge in [0.05, 0.1) is 21.1 Å². The highest BCUT2D eigenvalue weighted by Gasteiger charge is 2.10. The summed E-state index contributed by atoms with van der Waals surface area (Å²) in [7, 11) is 1.86. The summed E-state index contributed by atoms with van der Waals surface area (Å²) in [5, 5.41) is 5.18. The van der Waals surface area contributed by atoms with Crippen molar-refractivity contribution in [3.63, 3.8) is 0 Å². The maximum Gasteiger partial charge on any atom is 0.0629 e. The Morgan fingerprint density at radius 1 is 1.31 bits per heavy atom. The van der Waals surface area contributed by atoms with Gasteiger partial charge in [-0.25, -0.2) is 0 Å². The fraction of sp³-hybridized carbons (Fsp3) is 0.100. The van der Waals surface area contributed by atoms with E-state index in [2.05, 4.69) is 5.10 Å². The Kier molecular flexibility index (Phi) is 3.33. The molecule has 2 rings (SSSR count). The predicted octanol–water partition coefficient (Wildman–Crippen LogP) is 3.46. The third kappa shape index (κ3) is 2.45. The van der Waals surface area contributed by atoms with Crippen LogP contribution >= 0.6 is 35.0 Å². The lowest BCUT2D eigenvalue weighted by Crippen LogP contribution is -1.86. The zero-order valence-corrected chi connectivity index (χ0v) is 10.8. The fourth-order valence-corrected chi connectivity index (χ4v) is 2.84. The average Bonchev–Trinajstić information content (AvgIpc) is 2.58. The minimum atomic E-state index is 0.554. The van der Waals surface area contributed by atoms with E-state index in [-0.39, 0.29) is 0 Å². The molecule has 0 aliphatic rings. The molecule has 0 unspecified atom stereocenters. The summed E-state index contributed by atoms with van der Waals surface area (Å²) in [4.78, 5) is 1.78. The number of aryl methyl sites for hydroxylation is 1. The van der Waals surface area contributed by atoms with Crippen LogP contribution in [0.3, 0.4) is 0 Å². The summed E-state index contributed by atoms with van der Waals surface area (Å²) >= 11 is 13.6. The molecular weight excluding hydrogens is 265 g/mol. The minimum Gasteiger partial charge on any atom is -0.399 e. The van der Waals surface area contributed by atoms with Gasteiger partial charge in [0, 0.05) is 23.8 Å². The lowest BCUT2D eigenvalue weighted by molar-refractivity contribution is 0.766. The highest BCUT2D eigenvalue weighted by molar-refractivity contribution is 7.99. The lowest BCUT2D eigenvalue weighted by atomic mass is 10.3.